The van der Waals surface area contributed by atoms with Gasteiger partial charge in [-0.3, -0.25) is 4.79 Å². The molecular formula is C21H20O9. The quantitative estimate of drug-likeness (QED) is 0.423. The average molecular weight is 416 g/mol. The number of phenols is 2. The van der Waals surface area contributed by atoms with Crippen molar-refractivity contribution in [2.75, 3.05) is 0 Å². The van der Waals surface area contributed by atoms with Crippen molar-refractivity contribution in [1.29, 1.82) is 0 Å². The van der Waals surface area contributed by atoms with Gasteiger partial charge >= 0.3 is 0 Å². The summed E-state index contributed by atoms with van der Waals surface area (Å²) in [6.07, 6.45) is -6.42. The van der Waals surface area contributed by atoms with Gasteiger partial charge in [-0.25, -0.2) is 0 Å². The Bertz CT molecular complexity index is 1120. The molecule has 9 nitrogen and oxygen atoms in total. The van der Waals surface area contributed by atoms with Gasteiger partial charge in [-0.1, -0.05) is 0 Å². The largest absolute Gasteiger partial charge is 0.508 e. The van der Waals surface area contributed by atoms with Crippen molar-refractivity contribution < 1.29 is 39.4 Å². The van der Waals surface area contributed by atoms with E-state index in [1.807, 2.05) is 0 Å². The van der Waals surface area contributed by atoms with E-state index < -0.39 is 41.9 Å². The molecule has 2 heterocycles. The molecule has 1 aliphatic rings. The first-order valence-corrected chi connectivity index (χ1v) is 9.21. The van der Waals surface area contributed by atoms with E-state index in [1.165, 1.54) is 31.2 Å². The third-order valence-electron chi connectivity index (χ3n) is 5.00. The van der Waals surface area contributed by atoms with E-state index in [4.69, 9.17) is 13.9 Å². The van der Waals surface area contributed by atoms with E-state index in [0.29, 0.717) is 5.56 Å². The molecule has 0 amide bonds. The highest BCUT2D eigenvalue weighted by Crippen LogP contribution is 2.33. The number of fused-ring (bicyclic) bond motifs is 1. The zero-order valence-corrected chi connectivity index (χ0v) is 15.8. The number of ether oxygens (including phenoxy) is 2. The highest BCUT2D eigenvalue weighted by molar-refractivity contribution is 5.86. The lowest BCUT2D eigenvalue weighted by Crippen LogP contribution is -2.58. The van der Waals surface area contributed by atoms with Crippen LogP contribution in [0.4, 0.5) is 0 Å². The lowest BCUT2D eigenvalue weighted by Gasteiger charge is -2.38. The Labute approximate surface area is 170 Å². The van der Waals surface area contributed by atoms with Crippen LogP contribution in [-0.2, 0) is 4.74 Å². The Kier molecular flexibility index (Phi) is 5.12. The smallest absolute Gasteiger partial charge is 0.229 e. The van der Waals surface area contributed by atoms with Gasteiger partial charge in [-0.15, -0.1) is 0 Å². The zero-order chi connectivity index (χ0) is 21.6. The Hall–Kier alpha value is -3.11. The summed E-state index contributed by atoms with van der Waals surface area (Å²) in [6.45, 7) is 1.51. The summed E-state index contributed by atoms with van der Waals surface area (Å²) < 4.78 is 16.7. The minimum atomic E-state index is -1.54. The number of aliphatic hydroxyl groups is 3. The molecule has 1 aromatic heterocycles. The number of hydrogen-bond acceptors (Lipinski definition) is 9. The standard InChI is InChI=1S/C21H20O9/c1-9-18(25)19(26)20(27)21(28-9)29-12-6-13(23)17-14(24)8-15(30-16(17)7-12)10-2-4-11(22)5-3-10/h2-9,18-23,25-27H,1H3/t9-,18+,19-,20-,21-/m0/s1. The fraction of sp³-hybridized carbons (Fsp3) is 0.286. The molecule has 0 aliphatic carbocycles. The monoisotopic (exact) mass is 416 g/mol. The molecule has 4 rings (SSSR count). The number of rotatable bonds is 3. The first-order valence-electron chi connectivity index (χ1n) is 9.21. The topological polar surface area (TPSA) is 150 Å². The summed E-state index contributed by atoms with van der Waals surface area (Å²) in [5.41, 5.74) is 0.0820. The van der Waals surface area contributed by atoms with Crippen LogP contribution in [0, 0.1) is 0 Å². The van der Waals surface area contributed by atoms with Crippen LogP contribution in [0.15, 0.2) is 51.7 Å². The van der Waals surface area contributed by atoms with Crippen LogP contribution in [0.1, 0.15) is 6.92 Å². The molecule has 158 valence electrons. The number of aliphatic hydroxyl groups excluding tert-OH is 3. The third kappa shape index (κ3) is 3.59. The molecule has 1 aliphatic heterocycles. The van der Waals surface area contributed by atoms with E-state index in [0.717, 1.165) is 6.07 Å². The highest BCUT2D eigenvalue weighted by atomic mass is 16.7. The fourth-order valence-electron chi connectivity index (χ4n) is 3.32. The Morgan fingerprint density at radius 3 is 2.33 bits per heavy atom. The Balaban J connectivity index is 1.72. The lowest BCUT2D eigenvalue weighted by atomic mass is 10.00. The summed E-state index contributed by atoms with van der Waals surface area (Å²) in [6, 6.07) is 9.76. The highest BCUT2D eigenvalue weighted by Gasteiger charge is 2.43. The van der Waals surface area contributed by atoms with E-state index in [9.17, 15) is 30.3 Å². The molecular weight excluding hydrogens is 396 g/mol. The molecule has 1 fully saturated rings. The summed E-state index contributed by atoms with van der Waals surface area (Å²) in [5.74, 6) is -0.105. The van der Waals surface area contributed by atoms with Crippen molar-refractivity contribution >= 4 is 11.0 Å². The molecule has 30 heavy (non-hydrogen) atoms. The molecule has 0 unspecified atom stereocenters. The zero-order valence-electron chi connectivity index (χ0n) is 15.8. The van der Waals surface area contributed by atoms with Gasteiger partial charge < -0.3 is 39.4 Å². The van der Waals surface area contributed by atoms with Gasteiger partial charge in [0.15, 0.2) is 5.43 Å². The van der Waals surface area contributed by atoms with Gasteiger partial charge in [0, 0.05) is 23.8 Å². The van der Waals surface area contributed by atoms with Crippen molar-refractivity contribution in [3.63, 3.8) is 0 Å². The predicted octanol–water partition coefficient (Wildman–Crippen LogP) is 1.08. The average Bonchev–Trinajstić information content (AvgIpc) is 2.70. The Morgan fingerprint density at radius 1 is 0.933 bits per heavy atom. The molecule has 0 saturated carbocycles. The molecule has 9 heteroatoms. The number of aromatic hydroxyl groups is 2. The van der Waals surface area contributed by atoms with Crippen molar-refractivity contribution in [3.8, 4) is 28.6 Å². The molecule has 1 saturated heterocycles. The van der Waals surface area contributed by atoms with Crippen LogP contribution < -0.4 is 10.2 Å². The second kappa shape index (κ2) is 7.62. The van der Waals surface area contributed by atoms with Crippen molar-refractivity contribution in [3.05, 3.63) is 52.7 Å². The van der Waals surface area contributed by atoms with Gasteiger partial charge in [0.25, 0.3) is 0 Å². The molecule has 2 aromatic carbocycles. The fourth-order valence-corrected chi connectivity index (χ4v) is 3.32. The molecule has 0 radical (unpaired) electrons. The second-order valence-corrected chi connectivity index (χ2v) is 7.14. The van der Waals surface area contributed by atoms with Crippen LogP contribution in [0.3, 0.4) is 0 Å². The third-order valence-corrected chi connectivity index (χ3v) is 5.00. The van der Waals surface area contributed by atoms with E-state index in [2.05, 4.69) is 0 Å². The first kappa shape index (κ1) is 20.2. The maximum absolute atomic E-state index is 12.5. The van der Waals surface area contributed by atoms with E-state index >= 15 is 0 Å². The predicted molar refractivity (Wildman–Crippen MR) is 104 cm³/mol. The van der Waals surface area contributed by atoms with Gasteiger partial charge in [0.2, 0.25) is 6.29 Å². The van der Waals surface area contributed by atoms with E-state index in [1.54, 1.807) is 12.1 Å². The van der Waals surface area contributed by atoms with Gasteiger partial charge in [0.05, 0.1) is 6.10 Å². The molecule has 0 spiro atoms. The van der Waals surface area contributed by atoms with Crippen LogP contribution in [0.25, 0.3) is 22.3 Å². The summed E-state index contributed by atoms with van der Waals surface area (Å²) in [4.78, 5) is 12.5. The maximum atomic E-state index is 12.5. The molecule has 5 atom stereocenters. The normalized spacial score (nSPS) is 26.6. The number of phenolic OH excluding ortho intramolecular Hbond substituents is 2. The van der Waals surface area contributed by atoms with Crippen LogP contribution in [0.2, 0.25) is 0 Å². The maximum Gasteiger partial charge on any atom is 0.229 e. The van der Waals surface area contributed by atoms with Crippen LogP contribution in [0.5, 0.6) is 17.2 Å². The first-order chi connectivity index (χ1) is 14.2. The molecule has 3 aromatic rings. The minimum Gasteiger partial charge on any atom is -0.508 e. The van der Waals surface area contributed by atoms with Crippen molar-refractivity contribution in [2.45, 2.75) is 37.6 Å². The lowest BCUT2D eigenvalue weighted by molar-refractivity contribution is -0.268. The van der Waals surface area contributed by atoms with Gasteiger partial charge in [-0.05, 0) is 31.2 Å². The second-order valence-electron chi connectivity index (χ2n) is 7.14. The van der Waals surface area contributed by atoms with Gasteiger partial charge in [-0.2, -0.15) is 0 Å². The molecule has 0 bridgehead atoms. The van der Waals surface area contributed by atoms with E-state index in [-0.39, 0.29) is 28.2 Å². The molecule has 5 N–H and O–H groups in total. The van der Waals surface area contributed by atoms with Crippen LogP contribution in [-0.4, -0.2) is 56.2 Å². The SMILES string of the molecule is C[C@@H]1O[C@@H](Oc2cc(O)c3c(=O)cc(-c4ccc(O)cc4)oc3c2)[C@@H](O)[C@@H](O)[C@@H]1O. The summed E-state index contributed by atoms with van der Waals surface area (Å²) in [5, 5.41) is 49.5. The number of hydrogen-bond donors (Lipinski definition) is 5. The Morgan fingerprint density at radius 2 is 1.63 bits per heavy atom. The van der Waals surface area contributed by atoms with Gasteiger partial charge in [0.1, 0.15) is 52.3 Å². The minimum absolute atomic E-state index is 0.0193. The summed E-state index contributed by atoms with van der Waals surface area (Å²) >= 11 is 0. The van der Waals surface area contributed by atoms with Crippen LogP contribution >= 0.6 is 0 Å². The van der Waals surface area contributed by atoms with Crippen molar-refractivity contribution in [1.82, 2.24) is 0 Å². The number of benzene rings is 2. The van der Waals surface area contributed by atoms with Crippen molar-refractivity contribution in [2.24, 2.45) is 0 Å². The summed E-state index contributed by atoms with van der Waals surface area (Å²) in [7, 11) is 0.